The van der Waals surface area contributed by atoms with E-state index < -0.39 is 0 Å². The van der Waals surface area contributed by atoms with Gasteiger partial charge in [0.05, 0.1) is 13.1 Å². The fraction of sp³-hybridized carbons (Fsp3) is 0.333. The largest absolute Gasteiger partial charge is 0.325 e. The molecule has 0 spiro atoms. The molecule has 27 heavy (non-hydrogen) atoms. The monoisotopic (exact) mass is 371 g/mol. The van der Waals surface area contributed by atoms with E-state index in [1.807, 2.05) is 38.1 Å². The zero-order chi connectivity index (χ0) is 19.8. The number of carbonyl (C=O) groups is 2. The predicted octanol–water partition coefficient (Wildman–Crippen LogP) is 3.73. The molecular weight excluding hydrogens is 345 g/mol. The van der Waals surface area contributed by atoms with E-state index in [9.17, 15) is 14.0 Å². The van der Waals surface area contributed by atoms with Crippen LogP contribution in [0.3, 0.4) is 0 Å². The molecule has 0 aliphatic carbocycles. The lowest BCUT2D eigenvalue weighted by Gasteiger charge is -2.21. The van der Waals surface area contributed by atoms with Crippen molar-refractivity contribution >= 4 is 23.2 Å². The smallest absolute Gasteiger partial charge is 0.238 e. The number of carbonyl (C=O) groups excluding carboxylic acids is 2. The van der Waals surface area contributed by atoms with Gasteiger partial charge < -0.3 is 10.6 Å². The molecule has 6 heteroatoms. The van der Waals surface area contributed by atoms with Gasteiger partial charge in [0.2, 0.25) is 11.8 Å². The molecule has 0 heterocycles. The third-order valence-electron chi connectivity index (χ3n) is 4.15. The number of anilines is 2. The third-order valence-corrected chi connectivity index (χ3v) is 4.15. The first-order valence-corrected chi connectivity index (χ1v) is 9.03. The van der Waals surface area contributed by atoms with Gasteiger partial charge in [-0.2, -0.15) is 0 Å². The second-order valence-corrected chi connectivity index (χ2v) is 6.59. The summed E-state index contributed by atoms with van der Waals surface area (Å²) in [6.45, 7) is 6.35. The van der Waals surface area contributed by atoms with Crippen LogP contribution in [0.1, 0.15) is 24.5 Å². The Labute approximate surface area is 159 Å². The molecule has 0 aliphatic rings. The Morgan fingerprint density at radius 2 is 1.63 bits per heavy atom. The summed E-state index contributed by atoms with van der Waals surface area (Å²) in [4.78, 5) is 26.4. The summed E-state index contributed by atoms with van der Waals surface area (Å²) in [6.07, 6.45) is 0.810. The van der Waals surface area contributed by atoms with Crippen LogP contribution in [0.5, 0.6) is 0 Å². The highest BCUT2D eigenvalue weighted by molar-refractivity contribution is 5.95. The van der Waals surface area contributed by atoms with Gasteiger partial charge in [0, 0.05) is 11.4 Å². The molecule has 2 aromatic carbocycles. The predicted molar refractivity (Wildman–Crippen MR) is 106 cm³/mol. The van der Waals surface area contributed by atoms with Crippen molar-refractivity contribution in [2.24, 2.45) is 0 Å². The van der Waals surface area contributed by atoms with Crippen molar-refractivity contribution in [3.8, 4) is 0 Å². The van der Waals surface area contributed by atoms with Gasteiger partial charge in [-0.05, 0) is 56.1 Å². The topological polar surface area (TPSA) is 61.4 Å². The van der Waals surface area contributed by atoms with Crippen LogP contribution in [0, 0.1) is 19.7 Å². The van der Waals surface area contributed by atoms with Crippen molar-refractivity contribution in [1.82, 2.24) is 4.90 Å². The van der Waals surface area contributed by atoms with Crippen LogP contribution in [0.4, 0.5) is 15.8 Å². The van der Waals surface area contributed by atoms with Gasteiger partial charge in [-0.15, -0.1) is 0 Å². The lowest BCUT2D eigenvalue weighted by Crippen LogP contribution is -2.39. The van der Waals surface area contributed by atoms with Crippen LogP contribution in [0.2, 0.25) is 0 Å². The maximum atomic E-state index is 13.6. The molecule has 2 amide bonds. The summed E-state index contributed by atoms with van der Waals surface area (Å²) in [5.74, 6) is -0.821. The molecule has 0 aromatic heterocycles. The summed E-state index contributed by atoms with van der Waals surface area (Å²) in [5, 5.41) is 5.55. The molecule has 5 nitrogen and oxygen atoms in total. The molecule has 0 radical (unpaired) electrons. The number of amides is 2. The highest BCUT2D eigenvalue weighted by Crippen LogP contribution is 2.14. The van der Waals surface area contributed by atoms with E-state index in [4.69, 9.17) is 0 Å². The summed E-state index contributed by atoms with van der Waals surface area (Å²) < 4.78 is 13.6. The number of para-hydroxylation sites is 1. The number of nitrogens with zero attached hydrogens (tertiary/aromatic N) is 1. The Morgan fingerprint density at radius 1 is 0.963 bits per heavy atom. The molecule has 0 saturated heterocycles. The van der Waals surface area contributed by atoms with Gasteiger partial charge in [0.15, 0.2) is 0 Å². The normalized spacial score (nSPS) is 10.7. The first-order chi connectivity index (χ1) is 12.9. The van der Waals surface area contributed by atoms with Crippen molar-refractivity contribution in [3.63, 3.8) is 0 Å². The van der Waals surface area contributed by atoms with Crippen LogP contribution in [0.15, 0.2) is 42.5 Å². The fourth-order valence-electron chi connectivity index (χ4n) is 2.71. The number of hydrogen-bond donors (Lipinski definition) is 2. The minimum atomic E-state index is -0.365. The van der Waals surface area contributed by atoms with Gasteiger partial charge in [-0.1, -0.05) is 31.2 Å². The Hall–Kier alpha value is -2.73. The van der Waals surface area contributed by atoms with Crippen molar-refractivity contribution in [2.75, 3.05) is 30.3 Å². The van der Waals surface area contributed by atoms with E-state index in [1.165, 1.54) is 6.07 Å². The molecule has 0 fully saturated rings. The van der Waals surface area contributed by atoms with E-state index in [0.717, 1.165) is 17.7 Å². The number of rotatable bonds is 8. The molecule has 0 bridgehead atoms. The van der Waals surface area contributed by atoms with Crippen LogP contribution in [0.25, 0.3) is 0 Å². The quantitative estimate of drug-likeness (QED) is 0.743. The molecule has 2 N–H and O–H groups in total. The standard InChI is InChI=1S/C21H26FN3O2/c1-4-11-25(14-21(27)24-19-8-6-5-7-16(19)3)13-20(26)23-17-10-9-15(2)18(22)12-17/h5-10,12H,4,11,13-14H2,1-3H3,(H,23,26)(H,24,27). The Bertz CT molecular complexity index is 808. The van der Waals surface area contributed by atoms with Gasteiger partial charge in [-0.3, -0.25) is 14.5 Å². The average molecular weight is 371 g/mol. The summed E-state index contributed by atoms with van der Waals surface area (Å²) in [6, 6.07) is 12.1. The van der Waals surface area contributed by atoms with E-state index in [1.54, 1.807) is 24.0 Å². The minimum absolute atomic E-state index is 0.0600. The number of nitrogens with one attached hydrogen (secondary N) is 2. The number of hydrogen-bond acceptors (Lipinski definition) is 3. The molecule has 0 unspecified atom stereocenters. The van der Waals surface area contributed by atoms with Crippen molar-refractivity contribution in [1.29, 1.82) is 0 Å². The van der Waals surface area contributed by atoms with Crippen molar-refractivity contribution in [3.05, 3.63) is 59.4 Å². The third kappa shape index (κ3) is 6.49. The summed E-state index contributed by atoms with van der Waals surface area (Å²) >= 11 is 0. The molecular formula is C21H26FN3O2. The van der Waals surface area contributed by atoms with Crippen LogP contribution < -0.4 is 10.6 Å². The summed E-state index contributed by atoms with van der Waals surface area (Å²) in [5.41, 5.74) is 2.67. The van der Waals surface area contributed by atoms with E-state index in [0.29, 0.717) is 17.8 Å². The van der Waals surface area contributed by atoms with Gasteiger partial charge in [0.25, 0.3) is 0 Å². The highest BCUT2D eigenvalue weighted by atomic mass is 19.1. The highest BCUT2D eigenvalue weighted by Gasteiger charge is 2.15. The molecule has 0 aliphatic heterocycles. The van der Waals surface area contributed by atoms with E-state index in [-0.39, 0.29) is 30.7 Å². The zero-order valence-corrected chi connectivity index (χ0v) is 16.0. The SMILES string of the molecule is CCCN(CC(=O)Nc1ccc(C)c(F)c1)CC(=O)Nc1ccccc1C. The number of halogens is 1. The van der Waals surface area contributed by atoms with E-state index in [2.05, 4.69) is 10.6 Å². The Kier molecular flexibility index (Phi) is 7.49. The van der Waals surface area contributed by atoms with E-state index >= 15 is 0 Å². The fourth-order valence-corrected chi connectivity index (χ4v) is 2.71. The van der Waals surface area contributed by atoms with Crippen LogP contribution >= 0.6 is 0 Å². The van der Waals surface area contributed by atoms with Crippen molar-refractivity contribution in [2.45, 2.75) is 27.2 Å². The number of benzene rings is 2. The zero-order valence-electron chi connectivity index (χ0n) is 16.0. The number of aryl methyl sites for hydroxylation is 2. The second-order valence-electron chi connectivity index (χ2n) is 6.59. The lowest BCUT2D eigenvalue weighted by atomic mass is 10.2. The van der Waals surface area contributed by atoms with Gasteiger partial charge in [-0.25, -0.2) is 4.39 Å². The molecule has 0 saturated carbocycles. The molecule has 2 rings (SSSR count). The first-order valence-electron chi connectivity index (χ1n) is 9.03. The first kappa shape index (κ1) is 20.6. The van der Waals surface area contributed by atoms with Gasteiger partial charge in [0.1, 0.15) is 5.82 Å². The molecule has 0 atom stereocenters. The van der Waals surface area contributed by atoms with Crippen molar-refractivity contribution < 1.29 is 14.0 Å². The lowest BCUT2D eigenvalue weighted by molar-refractivity contribution is -0.120. The van der Waals surface area contributed by atoms with Crippen LogP contribution in [-0.2, 0) is 9.59 Å². The Morgan fingerprint density at radius 3 is 2.26 bits per heavy atom. The molecule has 2 aromatic rings. The molecule has 144 valence electrons. The van der Waals surface area contributed by atoms with Gasteiger partial charge >= 0.3 is 0 Å². The van der Waals surface area contributed by atoms with Crippen LogP contribution in [-0.4, -0.2) is 36.3 Å². The minimum Gasteiger partial charge on any atom is -0.325 e. The maximum absolute atomic E-state index is 13.6. The Balaban J connectivity index is 1.93. The maximum Gasteiger partial charge on any atom is 0.238 e. The average Bonchev–Trinajstić information content (AvgIpc) is 2.60. The summed E-state index contributed by atoms with van der Waals surface area (Å²) in [7, 11) is 0. The second kappa shape index (κ2) is 9.83.